The second-order valence-corrected chi connectivity index (χ2v) is 9.27. The number of rotatable bonds is 1. The Morgan fingerprint density at radius 2 is 1.96 bits per heavy atom. The van der Waals surface area contributed by atoms with Crippen LogP contribution in [0.3, 0.4) is 0 Å². The van der Waals surface area contributed by atoms with Crippen molar-refractivity contribution < 1.29 is 19.4 Å². The van der Waals surface area contributed by atoms with Gasteiger partial charge in [-0.15, -0.1) is 0 Å². The molecule has 0 aromatic carbocycles. The molecule has 7 nitrogen and oxygen atoms in total. The fourth-order valence-electron chi connectivity index (χ4n) is 4.51. The van der Waals surface area contributed by atoms with Crippen LogP contribution in [0.5, 0.6) is 5.75 Å². The van der Waals surface area contributed by atoms with Crippen molar-refractivity contribution in [3.05, 3.63) is 11.9 Å². The number of hydrogen-bond donors (Lipinski definition) is 1. The van der Waals surface area contributed by atoms with Crippen molar-refractivity contribution in [3.8, 4) is 5.75 Å². The van der Waals surface area contributed by atoms with E-state index in [4.69, 9.17) is 9.47 Å². The van der Waals surface area contributed by atoms with Crippen molar-refractivity contribution in [2.24, 2.45) is 0 Å². The minimum absolute atomic E-state index is 0.275. The predicted octanol–water partition coefficient (Wildman–Crippen LogP) is 3.58. The third-order valence-electron chi connectivity index (χ3n) is 5.96. The van der Waals surface area contributed by atoms with Gasteiger partial charge in [0.2, 0.25) is 0 Å². The molecule has 1 atom stereocenters. The summed E-state index contributed by atoms with van der Waals surface area (Å²) in [7, 11) is 0. The van der Waals surface area contributed by atoms with Crippen LogP contribution in [-0.2, 0) is 4.74 Å². The molecule has 27 heavy (non-hydrogen) atoms. The number of aliphatic hydroxyl groups excluding tert-OH is 1. The highest BCUT2D eigenvalue weighted by Crippen LogP contribution is 2.45. The average molecular weight is 377 g/mol. The van der Waals surface area contributed by atoms with Crippen molar-refractivity contribution in [1.29, 1.82) is 0 Å². The summed E-state index contributed by atoms with van der Waals surface area (Å²) in [4.78, 5) is 14.0. The summed E-state index contributed by atoms with van der Waals surface area (Å²) in [5, 5.41) is 15.3. The number of fused-ring (bicyclic) bond motifs is 1. The molecule has 4 rings (SSSR count). The summed E-state index contributed by atoms with van der Waals surface area (Å²) in [5.41, 5.74) is -0.246. The second-order valence-electron chi connectivity index (χ2n) is 9.27. The van der Waals surface area contributed by atoms with Crippen LogP contribution in [0.15, 0.2) is 6.20 Å². The van der Waals surface area contributed by atoms with Crippen LogP contribution in [0.25, 0.3) is 0 Å². The molecule has 1 saturated carbocycles. The second kappa shape index (κ2) is 6.69. The number of aromatic nitrogens is 2. The van der Waals surface area contributed by atoms with Crippen molar-refractivity contribution in [2.45, 2.75) is 89.1 Å². The fraction of sp³-hybridized carbons (Fsp3) is 0.800. The van der Waals surface area contributed by atoms with Crippen LogP contribution < -0.4 is 4.74 Å². The number of aliphatic hydroxyl groups is 1. The van der Waals surface area contributed by atoms with Crippen LogP contribution in [0, 0.1) is 0 Å². The van der Waals surface area contributed by atoms with Crippen LogP contribution in [0.1, 0.15) is 83.6 Å². The van der Waals surface area contributed by atoms with Gasteiger partial charge in [0.25, 0.3) is 0 Å². The van der Waals surface area contributed by atoms with Gasteiger partial charge < -0.3 is 19.5 Å². The zero-order valence-electron chi connectivity index (χ0n) is 16.6. The quantitative estimate of drug-likeness (QED) is 0.809. The topological polar surface area (TPSA) is 76.8 Å². The van der Waals surface area contributed by atoms with Crippen LogP contribution in [0.2, 0.25) is 0 Å². The molecule has 0 radical (unpaired) electrons. The molecule has 2 aliphatic heterocycles. The van der Waals surface area contributed by atoms with Crippen molar-refractivity contribution >= 4 is 6.09 Å². The van der Waals surface area contributed by atoms with Gasteiger partial charge in [-0.2, -0.15) is 5.10 Å². The molecular weight excluding hydrogens is 346 g/mol. The van der Waals surface area contributed by atoms with E-state index in [9.17, 15) is 9.90 Å². The van der Waals surface area contributed by atoms with E-state index < -0.39 is 17.3 Å². The first-order chi connectivity index (χ1) is 12.7. The Hall–Kier alpha value is -1.76. The first-order valence-corrected chi connectivity index (χ1v) is 10.2. The van der Waals surface area contributed by atoms with Gasteiger partial charge in [-0.25, -0.2) is 4.79 Å². The van der Waals surface area contributed by atoms with Gasteiger partial charge in [0.15, 0.2) is 5.75 Å². The standard InChI is InChI=1S/C20H31N3O4/c1-19(2,3)27-18(25)22-10-8-20(9-11-22)12-15(24)17-16(26-20)13-23(21-17)14-6-4-5-7-14/h13-15,24H,4-12H2,1-3H3. The van der Waals surface area contributed by atoms with E-state index in [1.165, 1.54) is 12.8 Å². The highest BCUT2D eigenvalue weighted by Gasteiger charge is 2.45. The summed E-state index contributed by atoms with van der Waals surface area (Å²) < 4.78 is 13.8. The number of amides is 1. The molecule has 1 amide bonds. The molecule has 150 valence electrons. The predicted molar refractivity (Wildman–Crippen MR) is 99.7 cm³/mol. The number of piperidine rings is 1. The number of hydrogen-bond acceptors (Lipinski definition) is 5. The van der Waals surface area contributed by atoms with Gasteiger partial charge in [-0.3, -0.25) is 4.68 Å². The molecule has 1 unspecified atom stereocenters. The number of ether oxygens (including phenoxy) is 2. The Balaban J connectivity index is 1.43. The molecule has 7 heteroatoms. The molecule has 3 heterocycles. The Labute approximate surface area is 160 Å². The molecule has 1 N–H and O–H groups in total. The number of carbonyl (C=O) groups is 1. The van der Waals surface area contributed by atoms with Crippen LogP contribution in [0.4, 0.5) is 4.79 Å². The monoisotopic (exact) mass is 377 g/mol. The molecule has 1 spiro atoms. The van der Waals surface area contributed by atoms with Crippen LogP contribution >= 0.6 is 0 Å². The van der Waals surface area contributed by atoms with Gasteiger partial charge in [0.1, 0.15) is 23.0 Å². The maximum absolute atomic E-state index is 12.3. The van der Waals surface area contributed by atoms with Crippen molar-refractivity contribution in [3.63, 3.8) is 0 Å². The highest BCUT2D eigenvalue weighted by atomic mass is 16.6. The van der Waals surface area contributed by atoms with E-state index in [1.807, 2.05) is 31.6 Å². The Bertz CT molecular complexity index is 695. The van der Waals surface area contributed by atoms with E-state index in [2.05, 4.69) is 5.10 Å². The van der Waals surface area contributed by atoms with Gasteiger partial charge >= 0.3 is 6.09 Å². The van der Waals surface area contributed by atoms with E-state index in [1.54, 1.807) is 4.90 Å². The van der Waals surface area contributed by atoms with Crippen molar-refractivity contribution in [1.82, 2.24) is 14.7 Å². The highest BCUT2D eigenvalue weighted by molar-refractivity contribution is 5.68. The number of likely N-dealkylation sites (tertiary alicyclic amines) is 1. The van der Waals surface area contributed by atoms with E-state index in [-0.39, 0.29) is 6.09 Å². The largest absolute Gasteiger partial charge is 0.483 e. The average Bonchev–Trinajstić information content (AvgIpc) is 3.22. The zero-order chi connectivity index (χ0) is 19.2. The van der Waals surface area contributed by atoms with Gasteiger partial charge in [0, 0.05) is 32.4 Å². The lowest BCUT2D eigenvalue weighted by atomic mass is 9.83. The van der Waals surface area contributed by atoms with Gasteiger partial charge in [-0.1, -0.05) is 12.8 Å². The maximum atomic E-state index is 12.3. The van der Waals surface area contributed by atoms with E-state index in [0.29, 0.717) is 49.8 Å². The molecule has 0 bridgehead atoms. The first kappa shape index (κ1) is 18.6. The summed E-state index contributed by atoms with van der Waals surface area (Å²) >= 11 is 0. The van der Waals surface area contributed by atoms with E-state index >= 15 is 0 Å². The summed E-state index contributed by atoms with van der Waals surface area (Å²) in [6, 6.07) is 0.427. The maximum Gasteiger partial charge on any atom is 0.410 e. The first-order valence-electron chi connectivity index (χ1n) is 10.2. The van der Waals surface area contributed by atoms with E-state index in [0.717, 1.165) is 12.8 Å². The summed E-state index contributed by atoms with van der Waals surface area (Å²) in [6.45, 7) is 6.78. The molecule has 3 aliphatic rings. The van der Waals surface area contributed by atoms with Crippen LogP contribution in [-0.4, -0.2) is 50.2 Å². The lowest BCUT2D eigenvalue weighted by Gasteiger charge is -2.44. The normalized spacial score (nSPS) is 25.3. The molecule has 2 fully saturated rings. The van der Waals surface area contributed by atoms with Gasteiger partial charge in [-0.05, 0) is 33.6 Å². The number of carbonyl (C=O) groups excluding carboxylic acids is 1. The van der Waals surface area contributed by atoms with Crippen molar-refractivity contribution in [2.75, 3.05) is 13.1 Å². The van der Waals surface area contributed by atoms with Gasteiger partial charge in [0.05, 0.1) is 12.2 Å². The fourth-order valence-corrected chi connectivity index (χ4v) is 4.51. The number of nitrogens with zero attached hydrogens (tertiary/aromatic N) is 3. The Morgan fingerprint density at radius 3 is 2.59 bits per heavy atom. The third kappa shape index (κ3) is 3.79. The summed E-state index contributed by atoms with van der Waals surface area (Å²) in [6.07, 6.45) is 7.77. The lowest BCUT2D eigenvalue weighted by molar-refractivity contribution is -0.0576. The molecule has 1 aromatic heterocycles. The zero-order valence-corrected chi connectivity index (χ0v) is 16.6. The molecule has 1 saturated heterocycles. The minimum Gasteiger partial charge on any atom is -0.483 e. The molecule has 1 aliphatic carbocycles. The lowest BCUT2D eigenvalue weighted by Crippen LogP contribution is -2.52. The summed E-state index contributed by atoms with van der Waals surface area (Å²) in [5.74, 6) is 0.714. The Morgan fingerprint density at radius 1 is 1.30 bits per heavy atom. The smallest absolute Gasteiger partial charge is 0.410 e. The Kier molecular flexibility index (Phi) is 4.61. The SMILES string of the molecule is CC(C)(C)OC(=O)N1CCC2(CC1)CC(O)c1nn(C3CCCC3)cc1O2. The minimum atomic E-state index is -0.607. The molecule has 1 aromatic rings. The molecular formula is C20H31N3O4. The third-order valence-corrected chi connectivity index (χ3v) is 5.96.